The Bertz CT molecular complexity index is 553. The number of benzene rings is 1. The fraction of sp³-hybridized carbons (Fsp3) is 0.600. The summed E-state index contributed by atoms with van der Waals surface area (Å²) in [4.78, 5) is 29.1. The summed E-state index contributed by atoms with van der Waals surface area (Å²) in [5, 5.41) is 0. The van der Waals surface area contributed by atoms with Crippen molar-refractivity contribution < 1.29 is 14.3 Å². The third-order valence-corrected chi connectivity index (χ3v) is 4.73. The molecule has 1 heterocycles. The van der Waals surface area contributed by atoms with E-state index < -0.39 is 6.10 Å². The molecule has 1 saturated heterocycles. The third kappa shape index (κ3) is 5.05. The summed E-state index contributed by atoms with van der Waals surface area (Å²) < 4.78 is 5.48. The number of carbonyl (C=O) groups excluding carboxylic acids is 2. The molecular weight excluding hydrogens is 316 g/mol. The lowest BCUT2D eigenvalue weighted by atomic mass is 10.0. The lowest BCUT2D eigenvalue weighted by molar-refractivity contribution is -0.145. The van der Waals surface area contributed by atoms with Crippen molar-refractivity contribution in [2.24, 2.45) is 0 Å². The van der Waals surface area contributed by atoms with E-state index in [0.717, 1.165) is 31.4 Å². The first-order valence-electron chi connectivity index (χ1n) is 9.34. The molecule has 1 aromatic rings. The van der Waals surface area contributed by atoms with Crippen LogP contribution in [0.15, 0.2) is 30.3 Å². The number of nitrogens with zero attached hydrogens (tertiary/aromatic N) is 2. The SMILES string of the molecule is CCCN(C(=O)C(C)OCC)C1CCN(C(=O)c2ccccc2)CC1. The molecule has 25 heavy (non-hydrogen) atoms. The highest BCUT2D eigenvalue weighted by Crippen LogP contribution is 2.20. The lowest BCUT2D eigenvalue weighted by Crippen LogP contribution is -2.51. The largest absolute Gasteiger partial charge is 0.369 e. The van der Waals surface area contributed by atoms with Gasteiger partial charge in [0.1, 0.15) is 6.10 Å². The van der Waals surface area contributed by atoms with Crippen LogP contribution in [0.3, 0.4) is 0 Å². The first-order valence-corrected chi connectivity index (χ1v) is 9.34. The maximum absolute atomic E-state index is 12.7. The standard InChI is InChI=1S/C20H30N2O3/c1-4-13-22(19(23)16(3)25-5-2)18-11-14-21(15-12-18)20(24)17-9-7-6-8-10-17/h6-10,16,18H,4-5,11-15H2,1-3H3. The van der Waals surface area contributed by atoms with Crippen molar-refractivity contribution in [3.63, 3.8) is 0 Å². The molecule has 2 rings (SSSR count). The summed E-state index contributed by atoms with van der Waals surface area (Å²) in [7, 11) is 0. The molecule has 0 spiro atoms. The molecule has 0 aromatic heterocycles. The molecule has 1 aliphatic rings. The molecule has 1 aliphatic heterocycles. The zero-order valence-corrected chi connectivity index (χ0v) is 15.6. The van der Waals surface area contributed by atoms with E-state index in [1.807, 2.05) is 54.0 Å². The lowest BCUT2D eigenvalue weighted by Gasteiger charge is -2.39. The van der Waals surface area contributed by atoms with Crippen LogP contribution in [0.5, 0.6) is 0 Å². The van der Waals surface area contributed by atoms with Gasteiger partial charge in [0.25, 0.3) is 11.8 Å². The fourth-order valence-electron chi connectivity index (χ4n) is 3.41. The Balaban J connectivity index is 1.96. The summed E-state index contributed by atoms with van der Waals surface area (Å²) in [6.07, 6.45) is 2.17. The van der Waals surface area contributed by atoms with Crippen LogP contribution in [-0.4, -0.2) is 60.0 Å². The smallest absolute Gasteiger partial charge is 0.253 e. The second-order valence-corrected chi connectivity index (χ2v) is 6.52. The number of piperidine rings is 1. The first kappa shape index (κ1) is 19.4. The van der Waals surface area contributed by atoms with Crippen molar-refractivity contribution in [2.45, 2.75) is 52.2 Å². The van der Waals surface area contributed by atoms with Gasteiger partial charge < -0.3 is 14.5 Å². The molecule has 0 aliphatic carbocycles. The van der Waals surface area contributed by atoms with Crippen LogP contribution in [0, 0.1) is 0 Å². The molecule has 1 atom stereocenters. The van der Waals surface area contributed by atoms with E-state index in [1.54, 1.807) is 0 Å². The maximum atomic E-state index is 12.7. The molecule has 5 nitrogen and oxygen atoms in total. The molecule has 2 amide bonds. The van der Waals surface area contributed by atoms with Crippen LogP contribution >= 0.6 is 0 Å². The minimum atomic E-state index is -0.402. The summed E-state index contributed by atoms with van der Waals surface area (Å²) in [6, 6.07) is 9.58. The van der Waals surface area contributed by atoms with Crippen molar-refractivity contribution in [3.05, 3.63) is 35.9 Å². The molecule has 0 bridgehead atoms. The summed E-state index contributed by atoms with van der Waals surface area (Å²) in [5.74, 6) is 0.145. The summed E-state index contributed by atoms with van der Waals surface area (Å²) >= 11 is 0. The molecule has 0 radical (unpaired) electrons. The highest BCUT2D eigenvalue weighted by molar-refractivity contribution is 5.94. The van der Waals surface area contributed by atoms with Crippen molar-refractivity contribution in [1.29, 1.82) is 0 Å². The monoisotopic (exact) mass is 346 g/mol. The van der Waals surface area contributed by atoms with Gasteiger partial charge in [-0.1, -0.05) is 25.1 Å². The highest BCUT2D eigenvalue weighted by Gasteiger charge is 2.31. The maximum Gasteiger partial charge on any atom is 0.253 e. The molecule has 5 heteroatoms. The average Bonchev–Trinajstić information content (AvgIpc) is 2.66. The molecular formula is C20H30N2O3. The molecule has 0 saturated carbocycles. The zero-order valence-electron chi connectivity index (χ0n) is 15.6. The summed E-state index contributed by atoms with van der Waals surface area (Å²) in [6.45, 7) is 8.47. The van der Waals surface area contributed by atoms with Gasteiger partial charge >= 0.3 is 0 Å². The second-order valence-electron chi connectivity index (χ2n) is 6.52. The fourth-order valence-corrected chi connectivity index (χ4v) is 3.41. The van der Waals surface area contributed by atoms with E-state index in [1.165, 1.54) is 0 Å². The normalized spacial score (nSPS) is 16.5. The van der Waals surface area contributed by atoms with E-state index in [4.69, 9.17) is 4.74 Å². The van der Waals surface area contributed by atoms with Gasteiger partial charge in [0.05, 0.1) is 0 Å². The number of carbonyl (C=O) groups is 2. The second kappa shape index (κ2) is 9.56. The predicted molar refractivity (Wildman–Crippen MR) is 98.5 cm³/mol. The predicted octanol–water partition coefficient (Wildman–Crippen LogP) is 2.95. The number of likely N-dealkylation sites (tertiary alicyclic amines) is 1. The highest BCUT2D eigenvalue weighted by atomic mass is 16.5. The minimum absolute atomic E-state index is 0.0662. The van der Waals surface area contributed by atoms with Gasteiger partial charge in [-0.2, -0.15) is 0 Å². The quantitative estimate of drug-likeness (QED) is 0.763. The zero-order chi connectivity index (χ0) is 18.2. The number of hydrogen-bond donors (Lipinski definition) is 0. The van der Waals surface area contributed by atoms with Gasteiger partial charge in [0.15, 0.2) is 0 Å². The van der Waals surface area contributed by atoms with E-state index >= 15 is 0 Å². The van der Waals surface area contributed by atoms with Gasteiger partial charge in [0, 0.05) is 37.8 Å². The number of hydrogen-bond acceptors (Lipinski definition) is 3. The van der Waals surface area contributed by atoms with E-state index in [-0.39, 0.29) is 17.9 Å². The Morgan fingerprint density at radius 3 is 2.40 bits per heavy atom. The Morgan fingerprint density at radius 2 is 1.84 bits per heavy atom. The van der Waals surface area contributed by atoms with Crippen LogP contribution in [-0.2, 0) is 9.53 Å². The van der Waals surface area contributed by atoms with E-state index in [2.05, 4.69) is 6.92 Å². The topological polar surface area (TPSA) is 49.9 Å². The molecule has 1 aromatic carbocycles. The molecule has 1 unspecified atom stereocenters. The number of rotatable bonds is 7. The van der Waals surface area contributed by atoms with E-state index in [0.29, 0.717) is 19.7 Å². The van der Waals surface area contributed by atoms with Gasteiger partial charge in [-0.3, -0.25) is 9.59 Å². The van der Waals surface area contributed by atoms with Gasteiger partial charge in [0.2, 0.25) is 0 Å². The average molecular weight is 346 g/mol. The van der Waals surface area contributed by atoms with Crippen LogP contribution in [0.4, 0.5) is 0 Å². The minimum Gasteiger partial charge on any atom is -0.369 e. The van der Waals surface area contributed by atoms with Gasteiger partial charge in [-0.05, 0) is 45.2 Å². The molecule has 0 N–H and O–H groups in total. The van der Waals surface area contributed by atoms with Gasteiger partial charge in [-0.15, -0.1) is 0 Å². The van der Waals surface area contributed by atoms with Gasteiger partial charge in [-0.25, -0.2) is 0 Å². The summed E-state index contributed by atoms with van der Waals surface area (Å²) in [5.41, 5.74) is 0.729. The van der Waals surface area contributed by atoms with Crippen molar-refractivity contribution in [2.75, 3.05) is 26.2 Å². The van der Waals surface area contributed by atoms with Crippen LogP contribution in [0.1, 0.15) is 50.4 Å². The Hall–Kier alpha value is -1.88. The first-order chi connectivity index (χ1) is 12.1. The number of ether oxygens (including phenoxy) is 1. The van der Waals surface area contributed by atoms with Crippen molar-refractivity contribution in [1.82, 2.24) is 9.80 Å². The van der Waals surface area contributed by atoms with Crippen molar-refractivity contribution >= 4 is 11.8 Å². The Kier molecular flexibility index (Phi) is 7.44. The number of amides is 2. The van der Waals surface area contributed by atoms with Crippen LogP contribution < -0.4 is 0 Å². The Labute approximate surface area is 150 Å². The Morgan fingerprint density at radius 1 is 1.20 bits per heavy atom. The van der Waals surface area contributed by atoms with Crippen LogP contribution in [0.25, 0.3) is 0 Å². The third-order valence-electron chi connectivity index (χ3n) is 4.73. The molecule has 138 valence electrons. The van der Waals surface area contributed by atoms with E-state index in [9.17, 15) is 9.59 Å². The van der Waals surface area contributed by atoms with Crippen molar-refractivity contribution in [3.8, 4) is 0 Å². The molecule has 1 fully saturated rings. The van der Waals surface area contributed by atoms with Crippen LogP contribution in [0.2, 0.25) is 0 Å².